The number of benzodiazepines with no additional fused rings is 1. The van der Waals surface area contributed by atoms with Crippen molar-refractivity contribution in [1.29, 1.82) is 0 Å². The van der Waals surface area contributed by atoms with Gasteiger partial charge in [0.1, 0.15) is 0 Å². The molecule has 0 saturated heterocycles. The molecule has 0 radical (unpaired) electrons. The highest BCUT2D eigenvalue weighted by atomic mass is 32.2. The lowest BCUT2D eigenvalue weighted by atomic mass is 10.0. The highest BCUT2D eigenvalue weighted by molar-refractivity contribution is 7.89. The number of nitrogens with two attached hydrogens (primary N) is 1. The number of nitrogens with zero attached hydrogens (tertiary/aromatic N) is 1. The summed E-state index contributed by atoms with van der Waals surface area (Å²) in [7, 11) is -3.98. The van der Waals surface area contributed by atoms with E-state index >= 15 is 0 Å². The van der Waals surface area contributed by atoms with Gasteiger partial charge in [-0.25, -0.2) is 18.5 Å². The maximum Gasteiger partial charge on any atom is 0.269 e. The standard InChI is InChI=1S/C22H18N4O4S/c23-31(29,30)16-10-6-9-15(13-16)21(27)26-20-22(28)24-18-12-5-4-11-17(18)19(25-20)14-7-2-1-3-8-14/h1-13,20H,(H,24,28)(H,26,27)(H2,23,29,30). The summed E-state index contributed by atoms with van der Waals surface area (Å²) in [5, 5.41) is 10.5. The predicted molar refractivity (Wildman–Crippen MR) is 116 cm³/mol. The van der Waals surface area contributed by atoms with Crippen molar-refractivity contribution in [2.75, 3.05) is 5.32 Å². The zero-order valence-corrected chi connectivity index (χ0v) is 17.0. The van der Waals surface area contributed by atoms with E-state index in [2.05, 4.69) is 15.6 Å². The molecule has 3 aromatic carbocycles. The Balaban J connectivity index is 1.72. The lowest BCUT2D eigenvalue weighted by Crippen LogP contribution is -2.42. The van der Waals surface area contributed by atoms with Crippen LogP contribution in [0.4, 0.5) is 5.69 Å². The Hall–Kier alpha value is -3.82. The molecule has 1 unspecified atom stereocenters. The Morgan fingerprint density at radius 2 is 1.68 bits per heavy atom. The molecule has 3 aromatic rings. The first kappa shape index (κ1) is 20.5. The molecule has 4 N–H and O–H groups in total. The number of anilines is 1. The molecular weight excluding hydrogens is 416 g/mol. The van der Waals surface area contributed by atoms with Gasteiger partial charge in [0.2, 0.25) is 16.2 Å². The lowest BCUT2D eigenvalue weighted by Gasteiger charge is -2.13. The van der Waals surface area contributed by atoms with E-state index in [1.54, 1.807) is 12.1 Å². The summed E-state index contributed by atoms with van der Waals surface area (Å²) in [5.74, 6) is -1.18. The maximum atomic E-state index is 12.8. The number of benzene rings is 3. The van der Waals surface area contributed by atoms with E-state index < -0.39 is 28.0 Å². The quantitative estimate of drug-likeness (QED) is 0.579. The number of para-hydroxylation sites is 1. The number of sulfonamides is 1. The fraction of sp³-hybridized carbons (Fsp3) is 0.0455. The van der Waals surface area contributed by atoms with Crippen LogP contribution in [0.5, 0.6) is 0 Å². The number of nitrogens with one attached hydrogen (secondary N) is 2. The summed E-state index contributed by atoms with van der Waals surface area (Å²) in [5.41, 5.74) is 2.65. The Bertz CT molecular complexity index is 1300. The number of fused-ring (bicyclic) bond motifs is 1. The van der Waals surface area contributed by atoms with Crippen molar-refractivity contribution >= 4 is 33.2 Å². The number of amides is 2. The van der Waals surface area contributed by atoms with Crippen LogP contribution in [0.1, 0.15) is 21.5 Å². The molecule has 1 heterocycles. The smallest absolute Gasteiger partial charge is 0.269 e. The van der Waals surface area contributed by atoms with Gasteiger partial charge in [-0.2, -0.15) is 0 Å². The number of primary sulfonamides is 1. The van der Waals surface area contributed by atoms with Crippen molar-refractivity contribution in [2.24, 2.45) is 10.1 Å². The van der Waals surface area contributed by atoms with Crippen LogP contribution < -0.4 is 15.8 Å². The molecule has 0 saturated carbocycles. The molecule has 1 atom stereocenters. The van der Waals surface area contributed by atoms with Gasteiger partial charge in [-0.3, -0.25) is 9.59 Å². The topological polar surface area (TPSA) is 131 Å². The molecule has 9 heteroatoms. The number of hydrogen-bond donors (Lipinski definition) is 3. The van der Waals surface area contributed by atoms with Gasteiger partial charge in [0, 0.05) is 16.7 Å². The monoisotopic (exact) mass is 434 g/mol. The molecule has 156 valence electrons. The summed E-state index contributed by atoms with van der Waals surface area (Å²) in [6, 6.07) is 21.8. The number of rotatable bonds is 4. The first-order chi connectivity index (χ1) is 14.8. The average molecular weight is 434 g/mol. The minimum Gasteiger partial charge on any atom is -0.322 e. The largest absolute Gasteiger partial charge is 0.322 e. The van der Waals surface area contributed by atoms with Crippen molar-refractivity contribution in [3.63, 3.8) is 0 Å². The van der Waals surface area contributed by atoms with E-state index in [1.807, 2.05) is 42.5 Å². The number of aliphatic imine (C=N–C) groups is 1. The minimum atomic E-state index is -3.98. The highest BCUT2D eigenvalue weighted by Crippen LogP contribution is 2.23. The molecule has 0 fully saturated rings. The van der Waals surface area contributed by atoms with E-state index in [0.717, 1.165) is 17.2 Å². The number of hydrogen-bond acceptors (Lipinski definition) is 5. The van der Waals surface area contributed by atoms with Crippen molar-refractivity contribution in [3.05, 3.63) is 95.6 Å². The normalized spacial score (nSPS) is 15.8. The zero-order chi connectivity index (χ0) is 22.0. The van der Waals surface area contributed by atoms with E-state index in [1.165, 1.54) is 18.2 Å². The van der Waals surface area contributed by atoms with Crippen molar-refractivity contribution in [3.8, 4) is 0 Å². The second-order valence-corrected chi connectivity index (χ2v) is 8.39. The van der Waals surface area contributed by atoms with Crippen LogP contribution in [-0.2, 0) is 14.8 Å². The van der Waals surface area contributed by atoms with Crippen LogP contribution in [0, 0.1) is 0 Å². The van der Waals surface area contributed by atoms with Crippen molar-refractivity contribution in [1.82, 2.24) is 5.32 Å². The lowest BCUT2D eigenvalue weighted by molar-refractivity contribution is -0.117. The molecule has 0 aliphatic carbocycles. The fourth-order valence-electron chi connectivity index (χ4n) is 3.20. The van der Waals surface area contributed by atoms with Gasteiger partial charge >= 0.3 is 0 Å². The minimum absolute atomic E-state index is 0.0394. The number of carbonyl (C=O) groups excluding carboxylic acids is 2. The summed E-state index contributed by atoms with van der Waals surface area (Å²) >= 11 is 0. The second-order valence-electron chi connectivity index (χ2n) is 6.83. The third-order valence-electron chi connectivity index (χ3n) is 4.69. The highest BCUT2D eigenvalue weighted by Gasteiger charge is 2.27. The molecule has 4 rings (SSSR count). The van der Waals surface area contributed by atoms with Crippen LogP contribution in [0.3, 0.4) is 0 Å². The third kappa shape index (κ3) is 4.37. The Labute approximate surface area is 178 Å². The van der Waals surface area contributed by atoms with Crippen LogP contribution in [0.15, 0.2) is 88.8 Å². The van der Waals surface area contributed by atoms with Crippen molar-refractivity contribution in [2.45, 2.75) is 11.1 Å². The Morgan fingerprint density at radius 3 is 2.42 bits per heavy atom. The van der Waals surface area contributed by atoms with Gasteiger partial charge in [0.15, 0.2) is 0 Å². The van der Waals surface area contributed by atoms with Gasteiger partial charge in [-0.05, 0) is 24.3 Å². The van der Waals surface area contributed by atoms with Gasteiger partial charge in [0.25, 0.3) is 11.8 Å². The average Bonchev–Trinajstić information content (AvgIpc) is 2.90. The van der Waals surface area contributed by atoms with Gasteiger partial charge in [-0.15, -0.1) is 0 Å². The van der Waals surface area contributed by atoms with E-state index in [-0.39, 0.29) is 10.5 Å². The predicted octanol–water partition coefficient (Wildman–Crippen LogP) is 1.88. The Kier molecular flexibility index (Phi) is 5.37. The fourth-order valence-corrected chi connectivity index (χ4v) is 3.76. The van der Waals surface area contributed by atoms with E-state index in [0.29, 0.717) is 11.4 Å². The maximum absolute atomic E-state index is 12.8. The van der Waals surface area contributed by atoms with E-state index in [9.17, 15) is 18.0 Å². The number of carbonyl (C=O) groups is 2. The SMILES string of the molecule is NS(=O)(=O)c1cccc(C(=O)NC2N=C(c3ccccc3)c3ccccc3NC2=O)c1. The van der Waals surface area contributed by atoms with E-state index in [4.69, 9.17) is 5.14 Å². The molecule has 1 aliphatic heterocycles. The molecule has 1 aliphatic rings. The molecule has 31 heavy (non-hydrogen) atoms. The first-order valence-corrected chi connectivity index (χ1v) is 10.8. The zero-order valence-electron chi connectivity index (χ0n) is 16.1. The summed E-state index contributed by atoms with van der Waals surface area (Å²) in [4.78, 5) is 29.9. The summed E-state index contributed by atoms with van der Waals surface area (Å²) < 4.78 is 23.2. The molecule has 0 spiro atoms. The molecule has 0 bridgehead atoms. The van der Waals surface area contributed by atoms with Gasteiger partial charge < -0.3 is 10.6 Å². The van der Waals surface area contributed by atoms with Crippen LogP contribution in [0.2, 0.25) is 0 Å². The molecule has 8 nitrogen and oxygen atoms in total. The van der Waals surface area contributed by atoms with Crippen LogP contribution >= 0.6 is 0 Å². The molecule has 0 aromatic heterocycles. The van der Waals surface area contributed by atoms with Crippen molar-refractivity contribution < 1.29 is 18.0 Å². The van der Waals surface area contributed by atoms with Gasteiger partial charge in [0.05, 0.1) is 16.3 Å². The second kappa shape index (κ2) is 8.13. The summed E-state index contributed by atoms with van der Waals surface area (Å²) in [6.45, 7) is 0. The Morgan fingerprint density at radius 1 is 0.968 bits per heavy atom. The molecule has 2 amide bonds. The third-order valence-corrected chi connectivity index (χ3v) is 5.60. The molecular formula is C22H18N4O4S. The van der Waals surface area contributed by atoms with Crippen LogP contribution in [-0.4, -0.2) is 32.1 Å². The summed E-state index contributed by atoms with van der Waals surface area (Å²) in [6.07, 6.45) is -1.23. The first-order valence-electron chi connectivity index (χ1n) is 9.30. The van der Waals surface area contributed by atoms with Gasteiger partial charge in [-0.1, -0.05) is 54.6 Å². The van der Waals surface area contributed by atoms with Crippen LogP contribution in [0.25, 0.3) is 0 Å².